The molecule has 1 aliphatic heterocycles. The van der Waals surface area contributed by atoms with E-state index in [-0.39, 0.29) is 6.61 Å². The molecule has 0 saturated carbocycles. The summed E-state index contributed by atoms with van der Waals surface area (Å²) in [7, 11) is 1.59. The number of carboxylic acids is 1. The van der Waals surface area contributed by atoms with Gasteiger partial charge in [0, 0.05) is 25.1 Å². The van der Waals surface area contributed by atoms with Crippen LogP contribution in [-0.4, -0.2) is 67.2 Å². The number of rotatable bonds is 8. The van der Waals surface area contributed by atoms with Gasteiger partial charge in [0.15, 0.2) is 0 Å². The molecule has 0 fully saturated rings. The molecule has 0 aromatic carbocycles. The molecule has 2 unspecified atom stereocenters. The number of nitrogens with zero attached hydrogens (tertiary/aromatic N) is 1. The van der Waals surface area contributed by atoms with Gasteiger partial charge < -0.3 is 19.7 Å². The van der Waals surface area contributed by atoms with Gasteiger partial charge in [-0.3, -0.25) is 9.69 Å². The minimum absolute atomic E-state index is 0.183. The molecule has 0 radical (unpaired) electrons. The molecule has 118 valence electrons. The highest BCUT2D eigenvalue weighted by Gasteiger charge is 2.34. The number of carbonyl (C=O) groups is 1. The van der Waals surface area contributed by atoms with Gasteiger partial charge in [0.1, 0.15) is 6.04 Å². The van der Waals surface area contributed by atoms with E-state index in [2.05, 4.69) is 0 Å². The molecule has 0 aliphatic carbocycles. The summed E-state index contributed by atoms with van der Waals surface area (Å²) in [6, 6.07) is 1.19. The molecule has 0 spiro atoms. The van der Waals surface area contributed by atoms with Crippen molar-refractivity contribution >= 4 is 17.3 Å². The van der Waals surface area contributed by atoms with Gasteiger partial charge in [-0.05, 0) is 23.4 Å². The van der Waals surface area contributed by atoms with Gasteiger partial charge in [0.2, 0.25) is 0 Å². The van der Waals surface area contributed by atoms with Crippen molar-refractivity contribution in [2.75, 3.05) is 40.0 Å². The molecule has 2 heterocycles. The molecule has 21 heavy (non-hydrogen) atoms. The van der Waals surface area contributed by atoms with Crippen molar-refractivity contribution in [1.82, 2.24) is 4.90 Å². The highest BCUT2D eigenvalue weighted by atomic mass is 32.1. The first-order chi connectivity index (χ1) is 10.1. The van der Waals surface area contributed by atoms with Gasteiger partial charge in [0.05, 0.1) is 25.9 Å². The lowest BCUT2D eigenvalue weighted by Gasteiger charge is -2.34. The van der Waals surface area contributed by atoms with Crippen LogP contribution in [0.5, 0.6) is 0 Å². The Bertz CT molecular complexity index is 464. The quantitative estimate of drug-likeness (QED) is 0.690. The lowest BCUT2D eigenvalue weighted by Crippen LogP contribution is -2.44. The Hall–Kier alpha value is -0.990. The molecule has 0 saturated heterocycles. The van der Waals surface area contributed by atoms with E-state index in [4.69, 9.17) is 9.47 Å². The molecule has 1 aromatic rings. The van der Waals surface area contributed by atoms with Crippen molar-refractivity contribution in [3.05, 3.63) is 21.9 Å². The molecule has 2 N–H and O–H groups in total. The molecule has 6 nitrogen and oxygen atoms in total. The van der Waals surface area contributed by atoms with Crippen molar-refractivity contribution in [3.8, 4) is 0 Å². The fourth-order valence-corrected chi connectivity index (χ4v) is 3.44. The molecule has 1 aliphatic rings. The zero-order chi connectivity index (χ0) is 15.2. The number of methoxy groups -OCH3 is 1. The topological polar surface area (TPSA) is 79.2 Å². The number of β-amino-alcohol motifs (C(OH)–C–C–N with tert-alkyl or cyclic N) is 1. The van der Waals surface area contributed by atoms with Gasteiger partial charge >= 0.3 is 5.97 Å². The number of aliphatic hydroxyl groups is 1. The van der Waals surface area contributed by atoms with E-state index in [1.165, 1.54) is 0 Å². The van der Waals surface area contributed by atoms with Crippen LogP contribution in [0.1, 0.15) is 16.5 Å². The van der Waals surface area contributed by atoms with Crippen molar-refractivity contribution in [2.45, 2.75) is 18.6 Å². The maximum absolute atomic E-state index is 11.5. The highest BCUT2D eigenvalue weighted by Crippen LogP contribution is 2.33. The van der Waals surface area contributed by atoms with E-state index >= 15 is 0 Å². The number of aliphatic hydroxyl groups excluding tert-OH is 1. The van der Waals surface area contributed by atoms with E-state index in [0.29, 0.717) is 26.3 Å². The predicted molar refractivity (Wildman–Crippen MR) is 78.7 cm³/mol. The summed E-state index contributed by atoms with van der Waals surface area (Å²) < 4.78 is 10.1. The summed E-state index contributed by atoms with van der Waals surface area (Å²) in [4.78, 5) is 14.5. The second-order valence-corrected chi connectivity index (χ2v) is 6.01. The maximum Gasteiger partial charge on any atom is 0.325 e. The zero-order valence-corrected chi connectivity index (χ0v) is 12.8. The maximum atomic E-state index is 11.5. The second kappa shape index (κ2) is 7.86. The van der Waals surface area contributed by atoms with Crippen molar-refractivity contribution in [2.24, 2.45) is 0 Å². The van der Waals surface area contributed by atoms with Crippen LogP contribution < -0.4 is 0 Å². The number of hydrogen-bond acceptors (Lipinski definition) is 6. The van der Waals surface area contributed by atoms with Crippen LogP contribution in [0.4, 0.5) is 0 Å². The zero-order valence-electron chi connectivity index (χ0n) is 12.0. The lowest BCUT2D eigenvalue weighted by molar-refractivity contribution is -0.144. The Kier molecular flexibility index (Phi) is 6.13. The third kappa shape index (κ3) is 4.24. The van der Waals surface area contributed by atoms with Crippen molar-refractivity contribution in [1.29, 1.82) is 0 Å². The predicted octanol–water partition coefficient (Wildman–Crippen LogP) is 0.756. The molecule has 2 atom stereocenters. The summed E-state index contributed by atoms with van der Waals surface area (Å²) in [5.41, 5.74) is 0.853. The van der Waals surface area contributed by atoms with Gasteiger partial charge in [-0.15, -0.1) is 11.3 Å². The van der Waals surface area contributed by atoms with Gasteiger partial charge in [-0.25, -0.2) is 0 Å². The molecule has 7 heteroatoms. The van der Waals surface area contributed by atoms with E-state index < -0.39 is 18.1 Å². The van der Waals surface area contributed by atoms with Crippen LogP contribution in [-0.2, 0) is 20.7 Å². The monoisotopic (exact) mass is 315 g/mol. The van der Waals surface area contributed by atoms with Crippen molar-refractivity contribution < 1.29 is 24.5 Å². The van der Waals surface area contributed by atoms with Crippen LogP contribution >= 0.6 is 11.3 Å². The van der Waals surface area contributed by atoms with Crippen LogP contribution in [0.2, 0.25) is 0 Å². The molecular formula is C14H21NO5S. The van der Waals surface area contributed by atoms with Crippen LogP contribution in [0.15, 0.2) is 11.4 Å². The Labute approximate surface area is 127 Å². The molecule has 2 rings (SSSR count). The summed E-state index contributed by atoms with van der Waals surface area (Å²) >= 11 is 1.60. The molecular weight excluding hydrogens is 294 g/mol. The largest absolute Gasteiger partial charge is 0.480 e. The van der Waals surface area contributed by atoms with Crippen LogP contribution in [0.25, 0.3) is 0 Å². The third-order valence-corrected chi connectivity index (χ3v) is 4.48. The van der Waals surface area contributed by atoms with Gasteiger partial charge in [-0.1, -0.05) is 0 Å². The Balaban J connectivity index is 1.92. The normalized spacial score (nSPS) is 20.2. The molecule has 1 aromatic heterocycles. The van der Waals surface area contributed by atoms with Crippen molar-refractivity contribution in [3.63, 3.8) is 0 Å². The fraction of sp³-hybridized carbons (Fsp3) is 0.643. The van der Waals surface area contributed by atoms with E-state index in [1.54, 1.807) is 18.4 Å². The number of aliphatic carboxylic acids is 1. The summed E-state index contributed by atoms with van der Waals surface area (Å²) in [5.74, 6) is -0.873. The Morgan fingerprint density at radius 1 is 1.57 bits per heavy atom. The average Bonchev–Trinajstić information content (AvgIpc) is 2.91. The fourth-order valence-electron chi connectivity index (χ4n) is 2.54. The molecule has 0 bridgehead atoms. The van der Waals surface area contributed by atoms with E-state index in [9.17, 15) is 15.0 Å². The average molecular weight is 315 g/mol. The number of thiophene rings is 1. The van der Waals surface area contributed by atoms with Gasteiger partial charge in [-0.2, -0.15) is 0 Å². The first-order valence-electron chi connectivity index (χ1n) is 6.91. The lowest BCUT2D eigenvalue weighted by atomic mass is 9.99. The van der Waals surface area contributed by atoms with Crippen LogP contribution in [0, 0.1) is 0 Å². The minimum atomic E-state index is -0.873. The Morgan fingerprint density at radius 2 is 2.38 bits per heavy atom. The smallest absolute Gasteiger partial charge is 0.325 e. The summed E-state index contributed by atoms with van der Waals surface area (Å²) in [6.45, 7) is 2.01. The number of fused-ring (bicyclic) bond motifs is 1. The van der Waals surface area contributed by atoms with E-state index in [0.717, 1.165) is 16.9 Å². The van der Waals surface area contributed by atoms with E-state index in [1.807, 2.05) is 16.3 Å². The first kappa shape index (κ1) is 16.4. The number of carboxylic acid groups (broad SMARTS) is 1. The standard InChI is InChI=1S/C14H21NO5S/c1-19-5-6-20-9-10(16)8-15-4-2-12-11(3-7-21-12)13(15)14(17)18/h3,7,10,13,16H,2,4-6,8-9H2,1H3,(H,17,18). The van der Waals surface area contributed by atoms with Crippen LogP contribution in [0.3, 0.4) is 0 Å². The Morgan fingerprint density at radius 3 is 3.10 bits per heavy atom. The third-order valence-electron chi connectivity index (χ3n) is 3.49. The van der Waals surface area contributed by atoms with Gasteiger partial charge in [0.25, 0.3) is 0 Å². The molecule has 0 amide bonds. The summed E-state index contributed by atoms with van der Waals surface area (Å²) in [5, 5.41) is 21.4. The highest BCUT2D eigenvalue weighted by molar-refractivity contribution is 7.10. The second-order valence-electron chi connectivity index (χ2n) is 5.01. The SMILES string of the molecule is COCCOCC(O)CN1CCc2sccc2C1C(=O)O. The summed E-state index contributed by atoms with van der Waals surface area (Å²) in [6.07, 6.45) is 0.123. The number of ether oxygens (including phenoxy) is 2. The minimum Gasteiger partial charge on any atom is -0.480 e. The first-order valence-corrected chi connectivity index (χ1v) is 7.79. The number of hydrogen-bond donors (Lipinski definition) is 2.